The molecule has 1 aromatic heterocycles. The molecule has 4 rings (SSSR count). The van der Waals surface area contributed by atoms with Crippen molar-refractivity contribution in [2.24, 2.45) is 0 Å². The van der Waals surface area contributed by atoms with E-state index in [9.17, 15) is 15.0 Å². The third kappa shape index (κ3) is 5.48. The van der Waals surface area contributed by atoms with Gasteiger partial charge in [-0.2, -0.15) is 0 Å². The van der Waals surface area contributed by atoms with Crippen molar-refractivity contribution in [3.8, 4) is 0 Å². The van der Waals surface area contributed by atoms with Crippen molar-refractivity contribution in [2.75, 3.05) is 20.1 Å². The summed E-state index contributed by atoms with van der Waals surface area (Å²) in [6.07, 6.45) is 0.451. The fraction of sp³-hybridized carbons (Fsp3) is 0.591. The number of hydrogen-bond acceptors (Lipinski definition) is 7. The minimum atomic E-state index is -1.09. The Labute approximate surface area is 182 Å². The molecule has 2 aliphatic heterocycles. The monoisotopic (exact) mass is 429 g/mol. The van der Waals surface area contributed by atoms with Crippen molar-refractivity contribution in [1.82, 2.24) is 24.8 Å². The maximum Gasteiger partial charge on any atom is 0.225 e. The Balaban J connectivity index is 1.29. The van der Waals surface area contributed by atoms with Crippen LogP contribution in [0.2, 0.25) is 0 Å². The van der Waals surface area contributed by atoms with Crippen molar-refractivity contribution in [3.05, 3.63) is 47.8 Å². The van der Waals surface area contributed by atoms with Crippen LogP contribution in [-0.2, 0) is 29.2 Å². The second-order valence-corrected chi connectivity index (χ2v) is 8.58. The molecule has 0 spiro atoms. The van der Waals surface area contributed by atoms with Crippen LogP contribution in [0.5, 0.6) is 0 Å². The number of benzene rings is 1. The summed E-state index contributed by atoms with van der Waals surface area (Å²) in [4.78, 5) is 16.3. The van der Waals surface area contributed by atoms with Crippen molar-refractivity contribution in [3.63, 3.8) is 0 Å². The van der Waals surface area contributed by atoms with Crippen LogP contribution in [0, 0.1) is 0 Å². The minimum Gasteiger partial charge on any atom is -0.388 e. The van der Waals surface area contributed by atoms with Crippen LogP contribution in [0.15, 0.2) is 36.5 Å². The van der Waals surface area contributed by atoms with Crippen LogP contribution in [0.25, 0.3) is 0 Å². The number of ether oxygens (including phenoxy) is 1. The zero-order valence-corrected chi connectivity index (χ0v) is 17.9. The topological polar surface area (TPSA) is 104 Å². The smallest absolute Gasteiger partial charge is 0.225 e. The van der Waals surface area contributed by atoms with Gasteiger partial charge in [0.15, 0.2) is 0 Å². The van der Waals surface area contributed by atoms with Gasteiger partial charge >= 0.3 is 0 Å². The molecule has 9 heteroatoms. The summed E-state index contributed by atoms with van der Waals surface area (Å²) in [5, 5.41) is 29.1. The quantitative estimate of drug-likeness (QED) is 0.626. The number of amides is 1. The average Bonchev–Trinajstić information content (AvgIpc) is 3.49. The molecule has 3 heterocycles. The highest BCUT2D eigenvalue weighted by molar-refractivity contribution is 5.77. The SMILES string of the molecule is CN(Cc1ccccc1)Cc1cn(CC2OC(CC(=O)N3CCCC3)C(O)C2O)nn1. The highest BCUT2D eigenvalue weighted by Crippen LogP contribution is 2.26. The normalized spacial score (nSPS) is 26.1. The average molecular weight is 430 g/mol. The fourth-order valence-corrected chi connectivity index (χ4v) is 4.33. The van der Waals surface area contributed by atoms with Crippen LogP contribution in [0.3, 0.4) is 0 Å². The predicted octanol–water partition coefficient (Wildman–Crippen LogP) is 0.412. The summed E-state index contributed by atoms with van der Waals surface area (Å²) < 4.78 is 7.46. The lowest BCUT2D eigenvalue weighted by Gasteiger charge is -2.19. The van der Waals surface area contributed by atoms with E-state index in [0.717, 1.165) is 38.2 Å². The molecule has 168 valence electrons. The Hall–Kier alpha value is -2.33. The first-order valence-corrected chi connectivity index (χ1v) is 10.9. The minimum absolute atomic E-state index is 0.0288. The van der Waals surface area contributed by atoms with Crippen LogP contribution < -0.4 is 0 Å². The molecular formula is C22H31N5O4. The molecule has 0 saturated carbocycles. The molecule has 4 unspecified atom stereocenters. The lowest BCUT2D eigenvalue weighted by atomic mass is 10.1. The molecular weight excluding hydrogens is 398 g/mol. The molecule has 0 bridgehead atoms. The van der Waals surface area contributed by atoms with Crippen LogP contribution in [0.4, 0.5) is 0 Å². The molecule has 2 fully saturated rings. The van der Waals surface area contributed by atoms with E-state index in [4.69, 9.17) is 4.74 Å². The summed E-state index contributed by atoms with van der Waals surface area (Å²) in [7, 11) is 2.02. The molecule has 9 nitrogen and oxygen atoms in total. The Kier molecular flexibility index (Phi) is 6.96. The van der Waals surface area contributed by atoms with Crippen molar-refractivity contribution in [2.45, 2.75) is 63.3 Å². The first-order valence-electron chi connectivity index (χ1n) is 10.9. The largest absolute Gasteiger partial charge is 0.388 e. The summed E-state index contributed by atoms with van der Waals surface area (Å²) >= 11 is 0. The number of aliphatic hydroxyl groups is 2. The van der Waals surface area contributed by atoms with Gasteiger partial charge in [-0.15, -0.1) is 5.10 Å². The fourth-order valence-electron chi connectivity index (χ4n) is 4.33. The standard InChI is InChI=1S/C22H31N5O4/c1-25(12-16-7-3-2-4-8-16)13-17-14-27(24-23-17)15-19-22(30)21(29)18(31-19)11-20(28)26-9-5-6-10-26/h2-4,7-8,14,18-19,21-22,29-30H,5-6,9-13,15H2,1H3. The Bertz CT molecular complexity index is 855. The van der Waals surface area contributed by atoms with Gasteiger partial charge in [0.1, 0.15) is 18.3 Å². The summed E-state index contributed by atoms with van der Waals surface area (Å²) in [6.45, 7) is 3.22. The van der Waals surface area contributed by atoms with Crippen LogP contribution in [0.1, 0.15) is 30.5 Å². The van der Waals surface area contributed by atoms with Gasteiger partial charge in [0.2, 0.25) is 5.91 Å². The van der Waals surface area contributed by atoms with E-state index in [2.05, 4.69) is 27.3 Å². The second kappa shape index (κ2) is 9.86. The molecule has 0 aliphatic carbocycles. The maximum atomic E-state index is 12.4. The lowest BCUT2D eigenvalue weighted by molar-refractivity contribution is -0.134. The molecule has 4 atom stereocenters. The number of likely N-dealkylation sites (tertiary alicyclic amines) is 1. The summed E-state index contributed by atoms with van der Waals surface area (Å²) in [5.41, 5.74) is 2.04. The van der Waals surface area contributed by atoms with Gasteiger partial charge < -0.3 is 19.8 Å². The van der Waals surface area contributed by atoms with Gasteiger partial charge in [-0.05, 0) is 25.5 Å². The van der Waals surface area contributed by atoms with Gasteiger partial charge in [-0.1, -0.05) is 35.5 Å². The number of nitrogens with zero attached hydrogens (tertiary/aromatic N) is 5. The molecule has 2 aliphatic rings. The molecule has 31 heavy (non-hydrogen) atoms. The van der Waals surface area contributed by atoms with E-state index in [0.29, 0.717) is 6.54 Å². The van der Waals surface area contributed by atoms with E-state index < -0.39 is 24.4 Å². The van der Waals surface area contributed by atoms with Crippen LogP contribution >= 0.6 is 0 Å². The first-order chi connectivity index (χ1) is 15.0. The highest BCUT2D eigenvalue weighted by Gasteiger charge is 2.44. The zero-order valence-electron chi connectivity index (χ0n) is 17.9. The number of rotatable bonds is 8. The van der Waals surface area contributed by atoms with E-state index in [1.54, 1.807) is 9.58 Å². The van der Waals surface area contributed by atoms with E-state index >= 15 is 0 Å². The summed E-state index contributed by atoms with van der Waals surface area (Å²) in [5.74, 6) is -0.0288. The van der Waals surface area contributed by atoms with E-state index in [1.807, 2.05) is 31.4 Å². The molecule has 1 amide bonds. The maximum absolute atomic E-state index is 12.4. The molecule has 2 aromatic rings. The van der Waals surface area contributed by atoms with E-state index in [1.165, 1.54) is 5.56 Å². The van der Waals surface area contributed by atoms with Crippen molar-refractivity contribution >= 4 is 5.91 Å². The number of hydrogen-bond donors (Lipinski definition) is 2. The number of aliphatic hydroxyl groups excluding tert-OH is 2. The molecule has 0 radical (unpaired) electrons. The Morgan fingerprint density at radius 1 is 1.13 bits per heavy atom. The predicted molar refractivity (Wildman–Crippen MR) is 113 cm³/mol. The Morgan fingerprint density at radius 3 is 2.58 bits per heavy atom. The number of carbonyl (C=O) groups excluding carboxylic acids is 1. The van der Waals surface area contributed by atoms with Gasteiger partial charge in [0.25, 0.3) is 0 Å². The van der Waals surface area contributed by atoms with E-state index in [-0.39, 0.29) is 18.9 Å². The van der Waals surface area contributed by atoms with Crippen molar-refractivity contribution < 1.29 is 19.7 Å². The van der Waals surface area contributed by atoms with Gasteiger partial charge in [-0.3, -0.25) is 9.69 Å². The van der Waals surface area contributed by atoms with Crippen molar-refractivity contribution in [1.29, 1.82) is 0 Å². The summed E-state index contributed by atoms with van der Waals surface area (Å²) in [6, 6.07) is 10.2. The Morgan fingerprint density at radius 2 is 1.84 bits per heavy atom. The second-order valence-electron chi connectivity index (χ2n) is 8.58. The highest BCUT2D eigenvalue weighted by atomic mass is 16.5. The zero-order chi connectivity index (χ0) is 21.8. The van der Waals surface area contributed by atoms with Gasteiger partial charge in [0, 0.05) is 32.4 Å². The number of aromatic nitrogens is 3. The third-order valence-corrected chi connectivity index (χ3v) is 5.98. The van der Waals surface area contributed by atoms with Gasteiger partial charge in [-0.25, -0.2) is 4.68 Å². The lowest BCUT2D eigenvalue weighted by Crippen LogP contribution is -2.37. The number of carbonyl (C=O) groups is 1. The molecule has 2 saturated heterocycles. The first kappa shape index (κ1) is 21.9. The molecule has 1 aromatic carbocycles. The van der Waals surface area contributed by atoms with Crippen LogP contribution in [-0.4, -0.2) is 85.5 Å². The molecule has 2 N–H and O–H groups in total. The van der Waals surface area contributed by atoms with Gasteiger partial charge in [0.05, 0.1) is 24.8 Å². The third-order valence-electron chi connectivity index (χ3n) is 5.98.